The number of aromatic nitrogens is 1. The number of fused-ring (bicyclic) bond motifs is 1. The Morgan fingerprint density at radius 3 is 2.52 bits per heavy atom. The molecule has 1 amide bonds. The largest absolute Gasteiger partial charge is 0.355 e. The van der Waals surface area contributed by atoms with Crippen molar-refractivity contribution in [3.8, 4) is 11.3 Å². The van der Waals surface area contributed by atoms with Crippen LogP contribution in [0.4, 0.5) is 0 Å². The van der Waals surface area contributed by atoms with E-state index in [1.807, 2.05) is 18.2 Å². The van der Waals surface area contributed by atoms with Crippen molar-refractivity contribution < 1.29 is 9.32 Å². The monoisotopic (exact) mass is 439 g/mol. The fraction of sp³-hybridized carbons (Fsp3) is 0.286. The Morgan fingerprint density at radius 1 is 1.00 bits per heavy atom. The van der Waals surface area contributed by atoms with Gasteiger partial charge < -0.3 is 9.84 Å². The van der Waals surface area contributed by atoms with Gasteiger partial charge in [-0.2, -0.15) is 0 Å². The minimum Gasteiger partial charge on any atom is -0.355 e. The topological polar surface area (TPSA) is 58.4 Å². The second-order valence-corrected chi connectivity index (χ2v) is 8.70. The number of hydrogen-bond acceptors (Lipinski definition) is 4. The van der Waals surface area contributed by atoms with E-state index >= 15 is 0 Å². The summed E-state index contributed by atoms with van der Waals surface area (Å²) in [6.45, 7) is 4.83. The first-order chi connectivity index (χ1) is 16.2. The molecule has 2 heterocycles. The standard InChI is InChI=1S/C28H29N3O2/c1-2-20-9-11-22(12-10-20)26(31-15-5-6-16-31)19-29-28(32)25-18-27(33-30-25)24-14-13-21-7-3-4-8-23(21)17-24/h3-4,7-14,17-18,26H,2,5-6,15-16,19H2,1H3,(H,29,32). The fourth-order valence-corrected chi connectivity index (χ4v) is 4.63. The SMILES string of the molecule is CCc1ccc(C(CNC(=O)c2cc(-c3ccc4ccccc4c3)on2)N2CCCC2)cc1. The number of benzene rings is 3. The third-order valence-corrected chi connectivity index (χ3v) is 6.59. The molecule has 5 heteroatoms. The molecule has 3 aromatic carbocycles. The van der Waals surface area contributed by atoms with Crippen molar-refractivity contribution in [3.05, 3.63) is 89.6 Å². The van der Waals surface area contributed by atoms with E-state index in [9.17, 15) is 4.79 Å². The molecule has 1 N–H and O–H groups in total. The molecule has 33 heavy (non-hydrogen) atoms. The first-order valence-electron chi connectivity index (χ1n) is 11.8. The lowest BCUT2D eigenvalue weighted by atomic mass is 10.0. The zero-order chi connectivity index (χ0) is 22.6. The summed E-state index contributed by atoms with van der Waals surface area (Å²) in [5.41, 5.74) is 3.78. The van der Waals surface area contributed by atoms with Crippen LogP contribution in [-0.2, 0) is 6.42 Å². The van der Waals surface area contributed by atoms with Gasteiger partial charge in [-0.25, -0.2) is 0 Å². The van der Waals surface area contributed by atoms with Crippen molar-refractivity contribution >= 4 is 16.7 Å². The molecular weight excluding hydrogens is 410 g/mol. The van der Waals surface area contributed by atoms with Crippen LogP contribution in [0.15, 0.2) is 77.3 Å². The van der Waals surface area contributed by atoms with Gasteiger partial charge in [-0.15, -0.1) is 0 Å². The van der Waals surface area contributed by atoms with Gasteiger partial charge in [0.15, 0.2) is 11.5 Å². The van der Waals surface area contributed by atoms with E-state index in [2.05, 4.69) is 70.8 Å². The maximum atomic E-state index is 12.9. The molecule has 5 nitrogen and oxygen atoms in total. The lowest BCUT2D eigenvalue weighted by molar-refractivity contribution is 0.0929. The van der Waals surface area contributed by atoms with Gasteiger partial charge in [0.05, 0.1) is 6.04 Å². The van der Waals surface area contributed by atoms with Gasteiger partial charge >= 0.3 is 0 Å². The van der Waals surface area contributed by atoms with Crippen LogP contribution in [0, 0.1) is 0 Å². The summed E-state index contributed by atoms with van der Waals surface area (Å²) in [6, 6.07) is 24.9. The molecule has 0 aliphatic carbocycles. The van der Waals surface area contributed by atoms with Crippen LogP contribution in [0.2, 0.25) is 0 Å². The Bertz CT molecular complexity index is 1240. The molecular formula is C28H29N3O2. The zero-order valence-electron chi connectivity index (χ0n) is 19.0. The number of likely N-dealkylation sites (tertiary alicyclic amines) is 1. The summed E-state index contributed by atoms with van der Waals surface area (Å²) in [5.74, 6) is 0.386. The Labute approximate surface area is 194 Å². The minimum atomic E-state index is -0.208. The van der Waals surface area contributed by atoms with E-state index in [1.165, 1.54) is 29.4 Å². The van der Waals surface area contributed by atoms with Gasteiger partial charge in [0, 0.05) is 18.2 Å². The number of carbonyl (C=O) groups is 1. The summed E-state index contributed by atoms with van der Waals surface area (Å²) in [6.07, 6.45) is 3.43. The fourth-order valence-electron chi connectivity index (χ4n) is 4.63. The highest BCUT2D eigenvalue weighted by Crippen LogP contribution is 2.27. The molecule has 1 aliphatic rings. The van der Waals surface area contributed by atoms with E-state index in [0.29, 0.717) is 18.0 Å². The molecule has 168 valence electrons. The van der Waals surface area contributed by atoms with Crippen molar-refractivity contribution in [2.45, 2.75) is 32.2 Å². The van der Waals surface area contributed by atoms with Gasteiger partial charge in [-0.1, -0.05) is 72.7 Å². The minimum absolute atomic E-state index is 0.161. The van der Waals surface area contributed by atoms with E-state index in [1.54, 1.807) is 6.07 Å². The Balaban J connectivity index is 1.30. The van der Waals surface area contributed by atoms with Gasteiger partial charge in [-0.3, -0.25) is 9.69 Å². The highest BCUT2D eigenvalue weighted by Gasteiger charge is 2.25. The number of carbonyl (C=O) groups excluding carboxylic acids is 1. The summed E-state index contributed by atoms with van der Waals surface area (Å²) < 4.78 is 5.52. The van der Waals surface area contributed by atoms with Crippen molar-refractivity contribution in [3.63, 3.8) is 0 Å². The summed E-state index contributed by atoms with van der Waals surface area (Å²) >= 11 is 0. The second kappa shape index (κ2) is 9.59. The molecule has 1 unspecified atom stereocenters. The third kappa shape index (κ3) is 4.69. The normalized spacial score (nSPS) is 15.1. The van der Waals surface area contributed by atoms with Crippen LogP contribution in [0.25, 0.3) is 22.1 Å². The molecule has 0 spiro atoms. The van der Waals surface area contributed by atoms with Gasteiger partial charge in [0.1, 0.15) is 0 Å². The second-order valence-electron chi connectivity index (χ2n) is 8.70. The molecule has 1 aromatic heterocycles. The first kappa shape index (κ1) is 21.4. The van der Waals surface area contributed by atoms with Crippen molar-refractivity contribution in [2.75, 3.05) is 19.6 Å². The van der Waals surface area contributed by atoms with E-state index in [-0.39, 0.29) is 11.9 Å². The van der Waals surface area contributed by atoms with Crippen LogP contribution < -0.4 is 5.32 Å². The average molecular weight is 440 g/mol. The molecule has 4 aromatic rings. The van der Waals surface area contributed by atoms with Crippen molar-refractivity contribution in [1.82, 2.24) is 15.4 Å². The van der Waals surface area contributed by atoms with E-state index < -0.39 is 0 Å². The molecule has 0 bridgehead atoms. The first-order valence-corrected chi connectivity index (χ1v) is 11.8. The summed E-state index contributed by atoms with van der Waals surface area (Å²) in [5, 5.41) is 9.43. The lowest BCUT2D eigenvalue weighted by Crippen LogP contribution is -2.36. The third-order valence-electron chi connectivity index (χ3n) is 6.59. The van der Waals surface area contributed by atoms with E-state index in [4.69, 9.17) is 4.52 Å². The van der Waals surface area contributed by atoms with Crippen LogP contribution in [0.1, 0.15) is 47.4 Å². The number of aryl methyl sites for hydroxylation is 1. The van der Waals surface area contributed by atoms with Crippen molar-refractivity contribution in [1.29, 1.82) is 0 Å². The predicted octanol–water partition coefficient (Wildman–Crippen LogP) is 5.62. The van der Waals surface area contributed by atoms with Crippen molar-refractivity contribution in [2.24, 2.45) is 0 Å². The van der Waals surface area contributed by atoms with Crippen LogP contribution in [-0.4, -0.2) is 35.6 Å². The van der Waals surface area contributed by atoms with Crippen LogP contribution in [0.3, 0.4) is 0 Å². The molecule has 1 saturated heterocycles. The van der Waals surface area contributed by atoms with E-state index in [0.717, 1.165) is 30.5 Å². The van der Waals surface area contributed by atoms with Crippen LogP contribution in [0.5, 0.6) is 0 Å². The van der Waals surface area contributed by atoms with Gasteiger partial charge in [0.25, 0.3) is 5.91 Å². The molecule has 1 aliphatic heterocycles. The molecule has 5 rings (SSSR count). The maximum Gasteiger partial charge on any atom is 0.273 e. The highest BCUT2D eigenvalue weighted by molar-refractivity contribution is 5.93. The van der Waals surface area contributed by atoms with Gasteiger partial charge in [0.2, 0.25) is 0 Å². The number of amides is 1. The Hall–Kier alpha value is -3.44. The summed E-state index contributed by atoms with van der Waals surface area (Å²) in [4.78, 5) is 15.4. The quantitative estimate of drug-likeness (QED) is 0.406. The number of rotatable bonds is 7. The maximum absolute atomic E-state index is 12.9. The number of nitrogens with one attached hydrogen (secondary N) is 1. The van der Waals surface area contributed by atoms with Gasteiger partial charge in [-0.05, 0) is 60.3 Å². The predicted molar refractivity (Wildman–Crippen MR) is 131 cm³/mol. The van der Waals surface area contributed by atoms with Crippen LogP contribution >= 0.6 is 0 Å². The smallest absolute Gasteiger partial charge is 0.273 e. The Morgan fingerprint density at radius 2 is 1.76 bits per heavy atom. The molecule has 1 atom stereocenters. The number of nitrogens with zero attached hydrogens (tertiary/aromatic N) is 2. The lowest BCUT2D eigenvalue weighted by Gasteiger charge is -2.28. The highest BCUT2D eigenvalue weighted by atomic mass is 16.5. The zero-order valence-corrected chi connectivity index (χ0v) is 19.0. The number of hydrogen-bond donors (Lipinski definition) is 1. The molecule has 0 radical (unpaired) electrons. The molecule has 1 fully saturated rings. The summed E-state index contributed by atoms with van der Waals surface area (Å²) in [7, 11) is 0. The molecule has 0 saturated carbocycles. The average Bonchev–Trinajstić information content (AvgIpc) is 3.57. The Kier molecular flexibility index (Phi) is 6.22.